The zero-order valence-corrected chi connectivity index (χ0v) is 6.04. The third kappa shape index (κ3) is 3.96. The minimum Gasteiger partial charge on any atom is -0.351 e. The van der Waals surface area contributed by atoms with E-state index in [-0.39, 0.29) is 13.1 Å². The Morgan fingerprint density at radius 1 is 1.64 bits per heavy atom. The number of amides is 3. The van der Waals surface area contributed by atoms with Gasteiger partial charge < -0.3 is 10.6 Å². The van der Waals surface area contributed by atoms with Gasteiger partial charge in [-0.1, -0.05) is 6.08 Å². The van der Waals surface area contributed by atoms with Crippen molar-refractivity contribution in [2.45, 2.75) is 0 Å². The molecule has 0 saturated carbocycles. The van der Waals surface area contributed by atoms with E-state index in [1.807, 2.05) is 0 Å². The van der Waals surface area contributed by atoms with Gasteiger partial charge in [0.2, 0.25) is 0 Å². The SMILES string of the molecule is C=CCN(CC([NH])=O)C(N)=O. The summed E-state index contributed by atoms with van der Waals surface area (Å²) < 4.78 is 0. The lowest BCUT2D eigenvalue weighted by Crippen LogP contribution is -2.39. The number of rotatable bonds is 4. The van der Waals surface area contributed by atoms with Gasteiger partial charge in [-0.05, 0) is 0 Å². The number of nitrogens with two attached hydrogens (primary N) is 1. The molecule has 0 aliphatic rings. The number of urea groups is 1. The monoisotopic (exact) mass is 156 g/mol. The summed E-state index contributed by atoms with van der Waals surface area (Å²) in [5.41, 5.74) is 11.4. The number of hydrogen-bond donors (Lipinski definition) is 1. The van der Waals surface area contributed by atoms with E-state index in [4.69, 9.17) is 11.5 Å². The highest BCUT2D eigenvalue weighted by Crippen LogP contribution is 1.86. The van der Waals surface area contributed by atoms with Crippen molar-refractivity contribution in [3.63, 3.8) is 0 Å². The van der Waals surface area contributed by atoms with Gasteiger partial charge in [-0.15, -0.1) is 6.58 Å². The van der Waals surface area contributed by atoms with Crippen molar-refractivity contribution < 1.29 is 9.59 Å². The van der Waals surface area contributed by atoms with E-state index < -0.39 is 11.9 Å². The standard InChI is InChI=1S/C6H10N3O2/c1-2-3-9(6(8)11)4-5(7)10/h2,7H,1,3-4H2,(H2,8,11). The second-order valence-corrected chi connectivity index (χ2v) is 1.93. The van der Waals surface area contributed by atoms with Gasteiger partial charge in [0.1, 0.15) is 6.54 Å². The molecule has 0 bridgehead atoms. The van der Waals surface area contributed by atoms with Crippen LogP contribution in [0.2, 0.25) is 0 Å². The van der Waals surface area contributed by atoms with Crippen molar-refractivity contribution >= 4 is 11.9 Å². The van der Waals surface area contributed by atoms with E-state index in [1.54, 1.807) is 0 Å². The van der Waals surface area contributed by atoms with Gasteiger partial charge in [-0.2, -0.15) is 0 Å². The minimum absolute atomic E-state index is 0.194. The van der Waals surface area contributed by atoms with Gasteiger partial charge >= 0.3 is 6.03 Å². The molecule has 0 unspecified atom stereocenters. The molecule has 0 atom stereocenters. The largest absolute Gasteiger partial charge is 0.351 e. The highest BCUT2D eigenvalue weighted by molar-refractivity contribution is 5.81. The Kier molecular flexibility index (Phi) is 3.72. The predicted octanol–water partition coefficient (Wildman–Crippen LogP) is -0.637. The van der Waals surface area contributed by atoms with Crippen molar-refractivity contribution in [1.82, 2.24) is 10.6 Å². The number of nitrogens with one attached hydrogen (secondary N) is 1. The topological polar surface area (TPSA) is 87.2 Å². The lowest BCUT2D eigenvalue weighted by atomic mass is 10.5. The number of carbonyl (C=O) groups is 2. The molecule has 0 rings (SSSR count). The van der Waals surface area contributed by atoms with Crippen LogP contribution >= 0.6 is 0 Å². The van der Waals surface area contributed by atoms with Crippen LogP contribution in [0.15, 0.2) is 12.7 Å². The molecule has 0 heterocycles. The fraction of sp³-hybridized carbons (Fsp3) is 0.333. The van der Waals surface area contributed by atoms with Crippen molar-refractivity contribution in [2.24, 2.45) is 5.73 Å². The Balaban J connectivity index is 3.99. The Labute approximate surface area is 64.6 Å². The molecule has 5 nitrogen and oxygen atoms in total. The smallest absolute Gasteiger partial charge is 0.315 e. The number of nitrogens with zero attached hydrogens (tertiary/aromatic N) is 1. The molecule has 5 heteroatoms. The summed E-state index contributed by atoms with van der Waals surface area (Å²) in [5.74, 6) is -0.842. The lowest BCUT2D eigenvalue weighted by Gasteiger charge is -2.14. The van der Waals surface area contributed by atoms with E-state index in [1.165, 1.54) is 6.08 Å². The molecule has 61 valence electrons. The van der Waals surface area contributed by atoms with Crippen molar-refractivity contribution in [3.8, 4) is 0 Å². The first-order valence-electron chi connectivity index (χ1n) is 2.97. The summed E-state index contributed by atoms with van der Waals surface area (Å²) in [6.07, 6.45) is 1.44. The van der Waals surface area contributed by atoms with Crippen LogP contribution < -0.4 is 11.5 Å². The summed E-state index contributed by atoms with van der Waals surface area (Å²) in [5, 5.41) is 0. The summed E-state index contributed by atoms with van der Waals surface area (Å²) in [6.45, 7) is 3.29. The third-order valence-electron chi connectivity index (χ3n) is 0.996. The van der Waals surface area contributed by atoms with Gasteiger partial charge in [0.05, 0.1) is 0 Å². The van der Waals surface area contributed by atoms with Crippen molar-refractivity contribution in [1.29, 1.82) is 0 Å². The maximum Gasteiger partial charge on any atom is 0.315 e. The first kappa shape index (κ1) is 9.48. The Morgan fingerprint density at radius 2 is 2.18 bits per heavy atom. The third-order valence-corrected chi connectivity index (χ3v) is 0.996. The van der Waals surface area contributed by atoms with Gasteiger partial charge in [0.15, 0.2) is 0 Å². The maximum atomic E-state index is 10.5. The normalized spacial score (nSPS) is 8.73. The van der Waals surface area contributed by atoms with Crippen LogP contribution in [-0.4, -0.2) is 29.9 Å². The van der Waals surface area contributed by atoms with Crippen LogP contribution in [0.3, 0.4) is 0 Å². The van der Waals surface area contributed by atoms with Crippen LogP contribution in [0, 0.1) is 0 Å². The molecule has 11 heavy (non-hydrogen) atoms. The van der Waals surface area contributed by atoms with Crippen molar-refractivity contribution in [3.05, 3.63) is 12.7 Å². The molecule has 0 aromatic carbocycles. The Morgan fingerprint density at radius 3 is 2.45 bits per heavy atom. The maximum absolute atomic E-state index is 10.5. The molecule has 0 fully saturated rings. The fourth-order valence-corrected chi connectivity index (χ4v) is 0.562. The van der Waals surface area contributed by atoms with Crippen molar-refractivity contribution in [2.75, 3.05) is 13.1 Å². The molecule has 0 aliphatic carbocycles. The lowest BCUT2D eigenvalue weighted by molar-refractivity contribution is -0.119. The second-order valence-electron chi connectivity index (χ2n) is 1.93. The molecule has 0 spiro atoms. The average Bonchev–Trinajstić information content (AvgIpc) is 1.86. The summed E-state index contributed by atoms with van der Waals surface area (Å²) in [6, 6.07) is -0.717. The van der Waals surface area contributed by atoms with Crippen LogP contribution in [0.4, 0.5) is 4.79 Å². The van der Waals surface area contributed by atoms with E-state index >= 15 is 0 Å². The Hall–Kier alpha value is -1.52. The van der Waals surface area contributed by atoms with E-state index in [0.717, 1.165) is 4.90 Å². The molecule has 3 N–H and O–H groups in total. The molecule has 0 aliphatic heterocycles. The summed E-state index contributed by atoms with van der Waals surface area (Å²) >= 11 is 0. The molecule has 0 aromatic heterocycles. The summed E-state index contributed by atoms with van der Waals surface area (Å²) in [4.78, 5) is 21.7. The molecule has 3 amide bonds. The molecule has 0 aromatic rings. The Bertz CT molecular complexity index is 179. The average molecular weight is 156 g/mol. The van der Waals surface area contributed by atoms with Crippen LogP contribution in [0.25, 0.3) is 0 Å². The molecule has 0 saturated heterocycles. The van der Waals surface area contributed by atoms with Crippen LogP contribution in [-0.2, 0) is 4.79 Å². The highest BCUT2D eigenvalue weighted by Gasteiger charge is 2.09. The minimum atomic E-state index is -0.842. The van der Waals surface area contributed by atoms with Gasteiger partial charge in [-0.25, -0.2) is 4.79 Å². The number of primary amides is 1. The van der Waals surface area contributed by atoms with Gasteiger partial charge in [-0.3, -0.25) is 10.5 Å². The zero-order valence-electron chi connectivity index (χ0n) is 6.04. The van der Waals surface area contributed by atoms with Crippen LogP contribution in [0.5, 0.6) is 0 Å². The van der Waals surface area contributed by atoms with Gasteiger partial charge in [0, 0.05) is 6.54 Å². The van der Waals surface area contributed by atoms with E-state index in [0.29, 0.717) is 0 Å². The number of carbonyl (C=O) groups excluding carboxylic acids is 2. The molecular weight excluding hydrogens is 146 g/mol. The quantitative estimate of drug-likeness (QED) is 0.549. The fourth-order valence-electron chi connectivity index (χ4n) is 0.562. The number of hydrogen-bond acceptors (Lipinski definition) is 2. The van der Waals surface area contributed by atoms with Crippen LogP contribution in [0.1, 0.15) is 0 Å². The molecule has 1 radical (unpaired) electrons. The zero-order chi connectivity index (χ0) is 8.85. The second kappa shape index (κ2) is 4.32. The van der Waals surface area contributed by atoms with E-state index in [9.17, 15) is 9.59 Å². The first-order chi connectivity index (χ1) is 5.07. The first-order valence-corrected chi connectivity index (χ1v) is 2.97. The van der Waals surface area contributed by atoms with E-state index in [2.05, 4.69) is 6.58 Å². The van der Waals surface area contributed by atoms with Gasteiger partial charge in [0.25, 0.3) is 5.91 Å². The summed E-state index contributed by atoms with van der Waals surface area (Å²) in [7, 11) is 0. The highest BCUT2D eigenvalue weighted by atomic mass is 16.2. The predicted molar refractivity (Wildman–Crippen MR) is 39.5 cm³/mol. The molecular formula is C6H10N3O2.